The van der Waals surface area contributed by atoms with E-state index in [2.05, 4.69) is 24.1 Å². The third-order valence-electron chi connectivity index (χ3n) is 4.08. The molecule has 0 N–H and O–H groups in total. The second kappa shape index (κ2) is 6.00. The van der Waals surface area contributed by atoms with Gasteiger partial charge in [0.25, 0.3) is 5.91 Å². The Bertz CT molecular complexity index is 623. The average molecular weight is 300 g/mol. The average Bonchev–Trinajstić information content (AvgIpc) is 2.93. The topological polar surface area (TPSA) is 23.6 Å². The van der Waals surface area contributed by atoms with E-state index in [0.717, 1.165) is 30.1 Å². The van der Waals surface area contributed by atoms with E-state index in [1.165, 1.54) is 5.56 Å². The van der Waals surface area contributed by atoms with E-state index in [1.807, 2.05) is 41.5 Å². The van der Waals surface area contributed by atoms with E-state index in [1.54, 1.807) is 11.3 Å². The van der Waals surface area contributed by atoms with Gasteiger partial charge in [0, 0.05) is 19.6 Å². The number of carbonyl (C=O) groups excluding carboxylic acids is 1. The first-order chi connectivity index (χ1) is 10.2. The van der Waals surface area contributed by atoms with Crippen LogP contribution in [0.3, 0.4) is 0 Å². The van der Waals surface area contributed by atoms with Gasteiger partial charge in [0.2, 0.25) is 0 Å². The first kappa shape index (κ1) is 14.3. The summed E-state index contributed by atoms with van der Waals surface area (Å²) in [6.45, 7) is 4.61. The number of hydrogen-bond donors (Lipinski definition) is 0. The Kier molecular flexibility index (Phi) is 4.08. The van der Waals surface area contributed by atoms with Gasteiger partial charge >= 0.3 is 0 Å². The van der Waals surface area contributed by atoms with Crippen molar-refractivity contribution < 1.29 is 4.79 Å². The van der Waals surface area contributed by atoms with Gasteiger partial charge in [-0.15, -0.1) is 11.3 Å². The largest absolute Gasteiger partial charge is 0.328 e. The summed E-state index contributed by atoms with van der Waals surface area (Å²) in [7, 11) is 2.12. The standard InChI is InChI=1S/C17H20N2OS/c1-13-8-11-21-16(13)17(20)19-10-9-18(2)12-15(19)14-6-4-3-5-7-14/h3-8,11,15H,9-10,12H2,1-2H3. The van der Waals surface area contributed by atoms with E-state index in [0.29, 0.717) is 0 Å². The van der Waals surface area contributed by atoms with Crippen LogP contribution in [-0.4, -0.2) is 42.4 Å². The molecule has 3 nitrogen and oxygen atoms in total. The molecule has 0 bridgehead atoms. The van der Waals surface area contributed by atoms with Crippen molar-refractivity contribution in [3.8, 4) is 0 Å². The number of aryl methyl sites for hydroxylation is 1. The molecule has 1 saturated heterocycles. The van der Waals surface area contributed by atoms with Crippen LogP contribution in [0.5, 0.6) is 0 Å². The van der Waals surface area contributed by atoms with Gasteiger partial charge < -0.3 is 9.80 Å². The Morgan fingerprint density at radius 2 is 1.95 bits per heavy atom. The molecule has 110 valence electrons. The summed E-state index contributed by atoms with van der Waals surface area (Å²) >= 11 is 1.54. The highest BCUT2D eigenvalue weighted by molar-refractivity contribution is 7.12. The molecule has 0 spiro atoms. The van der Waals surface area contributed by atoms with Crippen LogP contribution >= 0.6 is 11.3 Å². The van der Waals surface area contributed by atoms with Crippen molar-refractivity contribution in [2.24, 2.45) is 0 Å². The first-order valence-corrected chi connectivity index (χ1v) is 8.13. The number of thiophene rings is 1. The number of likely N-dealkylation sites (N-methyl/N-ethyl adjacent to an activating group) is 1. The van der Waals surface area contributed by atoms with Crippen LogP contribution in [-0.2, 0) is 0 Å². The molecule has 4 heteroatoms. The summed E-state index contributed by atoms with van der Waals surface area (Å²) in [5, 5.41) is 2.00. The number of benzene rings is 1. The van der Waals surface area contributed by atoms with Crippen LogP contribution in [0.25, 0.3) is 0 Å². The first-order valence-electron chi connectivity index (χ1n) is 7.25. The Labute approximate surface area is 129 Å². The Morgan fingerprint density at radius 1 is 1.19 bits per heavy atom. The van der Waals surface area contributed by atoms with Crippen molar-refractivity contribution in [3.05, 3.63) is 57.8 Å². The van der Waals surface area contributed by atoms with Gasteiger partial charge in [-0.1, -0.05) is 30.3 Å². The molecule has 3 rings (SSSR count). The third-order valence-corrected chi connectivity index (χ3v) is 5.09. The molecule has 2 heterocycles. The summed E-state index contributed by atoms with van der Waals surface area (Å²) in [5.74, 6) is 0.171. The molecule has 1 aromatic heterocycles. The highest BCUT2D eigenvalue weighted by Gasteiger charge is 2.31. The van der Waals surface area contributed by atoms with Crippen molar-refractivity contribution in [3.63, 3.8) is 0 Å². The van der Waals surface area contributed by atoms with Crippen LogP contribution < -0.4 is 0 Å². The molecule has 1 fully saturated rings. The van der Waals surface area contributed by atoms with Crippen LogP contribution in [0.4, 0.5) is 0 Å². The maximum atomic E-state index is 12.9. The lowest BCUT2D eigenvalue weighted by Crippen LogP contribution is -2.49. The maximum absolute atomic E-state index is 12.9. The van der Waals surface area contributed by atoms with Crippen LogP contribution in [0.1, 0.15) is 26.8 Å². The number of amides is 1. The minimum absolute atomic E-state index is 0.138. The zero-order valence-electron chi connectivity index (χ0n) is 12.5. The monoisotopic (exact) mass is 300 g/mol. The molecule has 21 heavy (non-hydrogen) atoms. The Hall–Kier alpha value is -1.65. The zero-order valence-corrected chi connectivity index (χ0v) is 13.3. The minimum atomic E-state index is 0.138. The molecule has 0 saturated carbocycles. The molecule has 1 atom stereocenters. The SMILES string of the molecule is Cc1ccsc1C(=O)N1CCN(C)CC1c1ccccc1. The predicted octanol–water partition coefficient (Wildman–Crippen LogP) is 3.19. The van der Waals surface area contributed by atoms with E-state index in [-0.39, 0.29) is 11.9 Å². The summed E-state index contributed by atoms with van der Waals surface area (Å²) < 4.78 is 0. The number of carbonyl (C=O) groups is 1. The van der Waals surface area contributed by atoms with E-state index >= 15 is 0 Å². The van der Waals surface area contributed by atoms with Crippen LogP contribution in [0, 0.1) is 6.92 Å². The molecule has 0 radical (unpaired) electrons. The summed E-state index contributed by atoms with van der Waals surface area (Å²) in [6.07, 6.45) is 0. The van der Waals surface area contributed by atoms with Crippen molar-refractivity contribution >= 4 is 17.2 Å². The zero-order chi connectivity index (χ0) is 14.8. The van der Waals surface area contributed by atoms with Gasteiger partial charge in [0.05, 0.1) is 10.9 Å². The van der Waals surface area contributed by atoms with Crippen molar-refractivity contribution in [1.82, 2.24) is 9.80 Å². The van der Waals surface area contributed by atoms with Crippen LogP contribution in [0.15, 0.2) is 41.8 Å². The molecular formula is C17H20N2OS. The maximum Gasteiger partial charge on any atom is 0.264 e. The number of rotatable bonds is 2. The number of nitrogens with zero attached hydrogens (tertiary/aromatic N) is 2. The fourth-order valence-corrected chi connectivity index (χ4v) is 3.73. The molecule has 1 unspecified atom stereocenters. The van der Waals surface area contributed by atoms with Gasteiger partial charge in [-0.3, -0.25) is 4.79 Å². The minimum Gasteiger partial charge on any atom is -0.328 e. The van der Waals surface area contributed by atoms with E-state index in [4.69, 9.17) is 0 Å². The predicted molar refractivity (Wildman–Crippen MR) is 86.8 cm³/mol. The quantitative estimate of drug-likeness (QED) is 0.850. The molecule has 0 aliphatic carbocycles. The second-order valence-electron chi connectivity index (χ2n) is 5.62. The van der Waals surface area contributed by atoms with E-state index in [9.17, 15) is 4.79 Å². The number of hydrogen-bond acceptors (Lipinski definition) is 3. The molecular weight excluding hydrogens is 280 g/mol. The summed E-state index contributed by atoms with van der Waals surface area (Å²) in [6, 6.07) is 12.5. The van der Waals surface area contributed by atoms with Gasteiger partial charge in [-0.05, 0) is 36.5 Å². The fraction of sp³-hybridized carbons (Fsp3) is 0.353. The smallest absolute Gasteiger partial charge is 0.264 e. The fourth-order valence-electron chi connectivity index (χ4n) is 2.85. The Balaban J connectivity index is 1.91. The lowest BCUT2D eigenvalue weighted by Gasteiger charge is -2.40. The third kappa shape index (κ3) is 2.87. The van der Waals surface area contributed by atoms with E-state index < -0.39 is 0 Å². The molecule has 1 aromatic carbocycles. The van der Waals surface area contributed by atoms with Crippen molar-refractivity contribution in [1.29, 1.82) is 0 Å². The molecule has 2 aromatic rings. The Morgan fingerprint density at radius 3 is 2.62 bits per heavy atom. The second-order valence-corrected chi connectivity index (χ2v) is 6.54. The molecule has 1 amide bonds. The molecule has 1 aliphatic rings. The summed E-state index contributed by atoms with van der Waals surface area (Å²) in [5.41, 5.74) is 2.29. The summed E-state index contributed by atoms with van der Waals surface area (Å²) in [4.78, 5) is 18.1. The van der Waals surface area contributed by atoms with Crippen molar-refractivity contribution in [2.45, 2.75) is 13.0 Å². The van der Waals surface area contributed by atoms with Gasteiger partial charge in [-0.2, -0.15) is 0 Å². The van der Waals surface area contributed by atoms with Crippen molar-refractivity contribution in [2.75, 3.05) is 26.7 Å². The number of piperazine rings is 1. The van der Waals surface area contributed by atoms with Crippen LogP contribution in [0.2, 0.25) is 0 Å². The van der Waals surface area contributed by atoms with Gasteiger partial charge in [-0.25, -0.2) is 0 Å². The highest BCUT2D eigenvalue weighted by Crippen LogP contribution is 2.28. The lowest BCUT2D eigenvalue weighted by atomic mass is 10.0. The lowest BCUT2D eigenvalue weighted by molar-refractivity contribution is 0.0502. The normalized spacial score (nSPS) is 19.7. The van der Waals surface area contributed by atoms with Gasteiger partial charge in [0.1, 0.15) is 0 Å². The van der Waals surface area contributed by atoms with Gasteiger partial charge in [0.15, 0.2) is 0 Å². The highest BCUT2D eigenvalue weighted by atomic mass is 32.1. The molecule has 1 aliphatic heterocycles.